The molecule has 1 heterocycles. The van der Waals surface area contributed by atoms with E-state index in [0.29, 0.717) is 23.7 Å². The van der Waals surface area contributed by atoms with Crippen LogP contribution in [0.4, 0.5) is 0 Å². The average Bonchev–Trinajstić information content (AvgIpc) is 3.32. The van der Waals surface area contributed by atoms with E-state index in [1.165, 1.54) is 5.57 Å². The molecule has 0 bridgehead atoms. The van der Waals surface area contributed by atoms with E-state index < -0.39 is 36.0 Å². The average molecular weight is 589 g/mol. The Bertz CT molecular complexity index is 1100. The van der Waals surface area contributed by atoms with Crippen molar-refractivity contribution in [2.75, 3.05) is 6.61 Å². The highest BCUT2D eigenvalue weighted by atomic mass is 16.7. The predicted octanol–water partition coefficient (Wildman–Crippen LogP) is 5.55. The highest BCUT2D eigenvalue weighted by Crippen LogP contribution is 2.77. The summed E-state index contributed by atoms with van der Waals surface area (Å²) in [4.78, 5) is 12.9. The Kier molecular flexibility index (Phi) is 7.39. The lowest BCUT2D eigenvalue weighted by atomic mass is 9.32. The highest BCUT2D eigenvalue weighted by Gasteiger charge is 2.72. The highest BCUT2D eigenvalue weighted by molar-refractivity contribution is 5.76. The molecule has 5 saturated carbocycles. The van der Waals surface area contributed by atoms with Crippen molar-refractivity contribution in [2.24, 2.45) is 56.7 Å². The van der Waals surface area contributed by atoms with Gasteiger partial charge in [0.15, 0.2) is 6.29 Å². The van der Waals surface area contributed by atoms with Crippen LogP contribution >= 0.6 is 0 Å². The number of carbonyl (C=O) groups is 1. The Morgan fingerprint density at radius 2 is 1.55 bits per heavy atom. The van der Waals surface area contributed by atoms with Crippen molar-refractivity contribution >= 4 is 5.97 Å². The van der Waals surface area contributed by atoms with Gasteiger partial charge in [-0.3, -0.25) is 4.79 Å². The third-order valence-electron chi connectivity index (χ3n) is 15.2. The quantitative estimate of drug-likeness (QED) is 0.251. The molecule has 1 saturated heterocycles. The minimum absolute atomic E-state index is 0.0479. The molecule has 0 aromatic rings. The van der Waals surface area contributed by atoms with E-state index in [0.717, 1.165) is 64.2 Å². The molecular formula is C35H56O7. The Balaban J connectivity index is 1.28. The maximum Gasteiger partial charge on any atom is 0.309 e. The first-order valence-electron chi connectivity index (χ1n) is 16.7. The summed E-state index contributed by atoms with van der Waals surface area (Å²) in [6, 6.07) is 0. The lowest BCUT2D eigenvalue weighted by Gasteiger charge is -2.73. The van der Waals surface area contributed by atoms with E-state index in [1.807, 2.05) is 0 Å². The fraction of sp³-hybridized carbons (Fsp3) is 0.914. The summed E-state index contributed by atoms with van der Waals surface area (Å²) in [5.74, 6) is 1.32. The molecule has 0 amide bonds. The van der Waals surface area contributed by atoms with Crippen molar-refractivity contribution in [1.29, 1.82) is 0 Å². The van der Waals surface area contributed by atoms with Gasteiger partial charge in [-0.25, -0.2) is 0 Å². The molecule has 7 heteroatoms. The van der Waals surface area contributed by atoms with Crippen molar-refractivity contribution in [3.63, 3.8) is 0 Å². The second-order valence-electron chi connectivity index (χ2n) is 16.9. The third-order valence-corrected chi connectivity index (χ3v) is 15.2. The van der Waals surface area contributed by atoms with Gasteiger partial charge in [0.25, 0.3) is 0 Å². The molecule has 0 spiro atoms. The molecule has 238 valence electrons. The second-order valence-corrected chi connectivity index (χ2v) is 16.9. The maximum absolute atomic E-state index is 12.9. The minimum atomic E-state index is -1.27. The van der Waals surface area contributed by atoms with Crippen molar-refractivity contribution in [3.8, 4) is 0 Å². The van der Waals surface area contributed by atoms with Crippen LogP contribution in [0.3, 0.4) is 0 Å². The van der Waals surface area contributed by atoms with Gasteiger partial charge < -0.3 is 29.9 Å². The number of allylic oxidation sites excluding steroid dienone is 1. The number of fused-ring (bicyclic) bond motifs is 7. The summed E-state index contributed by atoms with van der Waals surface area (Å²) in [5, 5.41) is 41.3. The zero-order valence-electron chi connectivity index (χ0n) is 26.8. The van der Waals surface area contributed by atoms with Gasteiger partial charge in [0, 0.05) is 0 Å². The molecule has 1 aliphatic heterocycles. The number of hydrogen-bond acceptors (Lipinski definition) is 6. The predicted molar refractivity (Wildman–Crippen MR) is 159 cm³/mol. The lowest BCUT2D eigenvalue weighted by Crippen LogP contribution is -2.67. The molecule has 7 nitrogen and oxygen atoms in total. The number of aliphatic hydroxyl groups is 3. The number of carboxylic acid groups (broad SMARTS) is 1. The fourth-order valence-electron chi connectivity index (χ4n) is 12.8. The summed E-state index contributed by atoms with van der Waals surface area (Å²) < 4.78 is 12.1. The standard InChI is InChI=1S/C35H56O7/c1-19(2)20-10-15-35(30(39)40)17-16-33(6)21(26(20)35)8-9-24-32(5)13-12-25(31(3,4)23(32)11-14-34(24,33)7)42-29-28(38)27(37)22(36)18-41-29/h20-29,36-38H,1,8-18H2,2-7H3,(H,39,40)/t20-,21+,22+,23-,24+,25-,26+,27+,28-,29+,32-,33+,34+,35-/m0/s1. The maximum atomic E-state index is 12.9. The van der Waals surface area contributed by atoms with Crippen LogP contribution in [0.1, 0.15) is 106 Å². The van der Waals surface area contributed by atoms with Gasteiger partial charge in [-0.2, -0.15) is 0 Å². The third kappa shape index (κ3) is 3.98. The van der Waals surface area contributed by atoms with Gasteiger partial charge in [0.1, 0.15) is 18.3 Å². The summed E-state index contributed by atoms with van der Waals surface area (Å²) in [6.45, 7) is 18.7. The zero-order chi connectivity index (χ0) is 30.6. The molecule has 0 aromatic heterocycles. The molecule has 14 atom stereocenters. The Morgan fingerprint density at radius 1 is 0.833 bits per heavy atom. The number of ether oxygens (including phenoxy) is 2. The molecule has 0 aromatic carbocycles. The van der Waals surface area contributed by atoms with Gasteiger partial charge >= 0.3 is 5.97 Å². The summed E-state index contributed by atoms with van der Waals surface area (Å²) in [5.41, 5.74) is 0.796. The van der Waals surface area contributed by atoms with Crippen LogP contribution in [-0.2, 0) is 14.3 Å². The van der Waals surface area contributed by atoms with E-state index in [2.05, 4.69) is 48.1 Å². The van der Waals surface area contributed by atoms with Crippen LogP contribution in [-0.4, -0.2) is 63.7 Å². The van der Waals surface area contributed by atoms with Crippen LogP contribution in [0.2, 0.25) is 0 Å². The number of aliphatic hydroxyl groups excluding tert-OH is 3. The normalized spacial score (nSPS) is 55.1. The minimum Gasteiger partial charge on any atom is -0.481 e. The van der Waals surface area contributed by atoms with E-state index in [9.17, 15) is 25.2 Å². The lowest BCUT2D eigenvalue weighted by molar-refractivity contribution is -0.311. The SMILES string of the molecule is C=C(C)[C@@H]1CC[C@]2(C(=O)O)CC[C@]3(C)[C@H](CC[C@@H]4[C@@]5(C)CC[C@H](O[C@H]6OC[C@@H](O)[C@@H](O)[C@@H]6O)C(C)(C)[C@@H]5CC[C@]43C)[C@@H]12. The smallest absolute Gasteiger partial charge is 0.309 e. The molecule has 0 radical (unpaired) electrons. The molecule has 42 heavy (non-hydrogen) atoms. The summed E-state index contributed by atoms with van der Waals surface area (Å²) in [7, 11) is 0. The fourth-order valence-corrected chi connectivity index (χ4v) is 12.8. The summed E-state index contributed by atoms with van der Waals surface area (Å²) >= 11 is 0. The Labute approximate surface area is 252 Å². The molecular weight excluding hydrogens is 532 g/mol. The molecule has 6 aliphatic rings. The first kappa shape index (κ1) is 31.0. The largest absolute Gasteiger partial charge is 0.481 e. The van der Waals surface area contributed by atoms with E-state index in [4.69, 9.17) is 9.47 Å². The first-order valence-corrected chi connectivity index (χ1v) is 16.7. The van der Waals surface area contributed by atoms with Gasteiger partial charge in [0.05, 0.1) is 18.1 Å². The Hall–Kier alpha value is -0.990. The van der Waals surface area contributed by atoms with Gasteiger partial charge in [-0.1, -0.05) is 46.8 Å². The first-order chi connectivity index (χ1) is 19.5. The van der Waals surface area contributed by atoms with Gasteiger partial charge in [-0.15, -0.1) is 0 Å². The molecule has 6 fully saturated rings. The van der Waals surface area contributed by atoms with E-state index in [1.54, 1.807) is 0 Å². The van der Waals surface area contributed by atoms with Gasteiger partial charge in [-0.05, 0) is 122 Å². The second kappa shape index (κ2) is 10.0. The van der Waals surface area contributed by atoms with Crippen molar-refractivity contribution in [3.05, 3.63) is 12.2 Å². The number of aliphatic carboxylic acids is 1. The van der Waals surface area contributed by atoms with Crippen molar-refractivity contribution < 1.29 is 34.7 Å². The molecule has 0 unspecified atom stereocenters. The van der Waals surface area contributed by atoms with Crippen LogP contribution in [0.5, 0.6) is 0 Å². The molecule has 5 aliphatic carbocycles. The van der Waals surface area contributed by atoms with Crippen LogP contribution in [0.25, 0.3) is 0 Å². The van der Waals surface area contributed by atoms with Crippen LogP contribution < -0.4 is 0 Å². The molecule has 4 N–H and O–H groups in total. The Morgan fingerprint density at radius 3 is 2.21 bits per heavy atom. The van der Waals surface area contributed by atoms with E-state index in [-0.39, 0.29) is 40.3 Å². The van der Waals surface area contributed by atoms with Crippen molar-refractivity contribution in [1.82, 2.24) is 0 Å². The van der Waals surface area contributed by atoms with E-state index >= 15 is 0 Å². The zero-order valence-corrected chi connectivity index (χ0v) is 26.8. The van der Waals surface area contributed by atoms with Crippen molar-refractivity contribution in [2.45, 2.75) is 136 Å². The van der Waals surface area contributed by atoms with Crippen LogP contribution in [0, 0.1) is 56.7 Å². The van der Waals surface area contributed by atoms with Gasteiger partial charge in [0.2, 0.25) is 0 Å². The molecule has 6 rings (SSSR count). The topological polar surface area (TPSA) is 116 Å². The number of hydrogen-bond donors (Lipinski definition) is 4. The summed E-state index contributed by atoms with van der Waals surface area (Å²) in [6.07, 6.45) is 5.23. The van der Waals surface area contributed by atoms with Crippen LogP contribution in [0.15, 0.2) is 12.2 Å². The number of rotatable bonds is 4. The number of carboxylic acids is 1. The monoisotopic (exact) mass is 588 g/mol.